The molecule has 0 saturated heterocycles. The zero-order valence-electron chi connectivity index (χ0n) is 26.5. The van der Waals surface area contributed by atoms with Crippen LogP contribution >= 0.6 is 22.7 Å². The highest BCUT2D eigenvalue weighted by Crippen LogP contribution is 2.43. The van der Waals surface area contributed by atoms with Gasteiger partial charge >= 0.3 is 0 Å². The van der Waals surface area contributed by atoms with E-state index in [4.69, 9.17) is 0 Å². The summed E-state index contributed by atoms with van der Waals surface area (Å²) in [5, 5.41) is 7.79. The van der Waals surface area contributed by atoms with E-state index in [0.29, 0.717) is 0 Å². The molecule has 0 amide bonds. The number of fused-ring (bicyclic) bond motifs is 7. The van der Waals surface area contributed by atoms with Crippen molar-refractivity contribution in [2.24, 2.45) is 0 Å². The molecule has 0 fully saturated rings. The standard InChI is InChI=1S/C46H29NS2/c1-2-10-30(11-3-1)31-20-23-35(24-21-31)47(37-25-22-32-29-45-42(28-34(32)27-37)40-15-5-6-18-43(40)48-45)36-13-8-12-33(26-36)38-16-9-17-41-39-14-4-7-19-44(39)49-46(38)41/h1-29H. The molecule has 0 aliphatic rings. The van der Waals surface area contributed by atoms with Gasteiger partial charge in [-0.1, -0.05) is 115 Å². The largest absolute Gasteiger partial charge is 0.310 e. The van der Waals surface area contributed by atoms with Crippen molar-refractivity contribution in [2.75, 3.05) is 4.90 Å². The second kappa shape index (κ2) is 11.5. The Morgan fingerprint density at radius 2 is 0.959 bits per heavy atom. The van der Waals surface area contributed by atoms with E-state index in [-0.39, 0.29) is 0 Å². The van der Waals surface area contributed by atoms with E-state index >= 15 is 0 Å². The Bertz CT molecular complexity index is 2830. The van der Waals surface area contributed by atoms with Crippen molar-refractivity contribution in [1.82, 2.24) is 0 Å². The molecule has 2 aromatic heterocycles. The fraction of sp³-hybridized carbons (Fsp3) is 0. The molecule has 0 aliphatic heterocycles. The molecule has 0 unspecified atom stereocenters. The van der Waals surface area contributed by atoms with E-state index in [0.717, 1.165) is 17.1 Å². The van der Waals surface area contributed by atoms with Crippen LogP contribution < -0.4 is 4.90 Å². The summed E-state index contributed by atoms with van der Waals surface area (Å²) >= 11 is 3.75. The molecule has 10 rings (SSSR count). The van der Waals surface area contributed by atoms with Crippen LogP contribution in [0.4, 0.5) is 17.1 Å². The van der Waals surface area contributed by atoms with Crippen molar-refractivity contribution >= 4 is 90.9 Å². The van der Waals surface area contributed by atoms with Gasteiger partial charge < -0.3 is 4.90 Å². The van der Waals surface area contributed by atoms with Gasteiger partial charge in [-0.2, -0.15) is 0 Å². The van der Waals surface area contributed by atoms with E-state index in [1.807, 2.05) is 22.7 Å². The Kier molecular flexibility index (Phi) is 6.61. The lowest BCUT2D eigenvalue weighted by molar-refractivity contribution is 1.29. The predicted molar refractivity (Wildman–Crippen MR) is 215 cm³/mol. The van der Waals surface area contributed by atoms with Gasteiger partial charge in [-0.25, -0.2) is 0 Å². The average Bonchev–Trinajstić information content (AvgIpc) is 3.73. The van der Waals surface area contributed by atoms with Crippen LogP contribution in [0.5, 0.6) is 0 Å². The summed E-state index contributed by atoms with van der Waals surface area (Å²) < 4.78 is 5.32. The number of hydrogen-bond donors (Lipinski definition) is 0. The molecule has 0 spiro atoms. The number of hydrogen-bond acceptors (Lipinski definition) is 3. The van der Waals surface area contributed by atoms with Gasteiger partial charge in [-0.15, -0.1) is 22.7 Å². The highest BCUT2D eigenvalue weighted by atomic mass is 32.1. The van der Waals surface area contributed by atoms with Gasteiger partial charge in [0.05, 0.1) is 0 Å². The lowest BCUT2D eigenvalue weighted by atomic mass is 10.0. The van der Waals surface area contributed by atoms with Crippen LogP contribution in [0.1, 0.15) is 0 Å². The Balaban J connectivity index is 1.15. The van der Waals surface area contributed by atoms with Crippen LogP contribution in [0.25, 0.3) is 73.4 Å². The van der Waals surface area contributed by atoms with Crippen LogP contribution in [0.15, 0.2) is 176 Å². The summed E-state index contributed by atoms with van der Waals surface area (Å²) in [5.41, 5.74) is 8.30. The second-order valence-electron chi connectivity index (χ2n) is 12.6. The lowest BCUT2D eigenvalue weighted by Gasteiger charge is -2.26. The van der Waals surface area contributed by atoms with Crippen LogP contribution in [0.2, 0.25) is 0 Å². The topological polar surface area (TPSA) is 3.24 Å². The van der Waals surface area contributed by atoms with Crippen molar-refractivity contribution < 1.29 is 0 Å². The first-order chi connectivity index (χ1) is 24.3. The quantitative estimate of drug-likeness (QED) is 0.178. The van der Waals surface area contributed by atoms with Crippen LogP contribution in [-0.4, -0.2) is 0 Å². The zero-order chi connectivity index (χ0) is 32.3. The summed E-state index contributed by atoms with van der Waals surface area (Å²) in [6.45, 7) is 0. The minimum Gasteiger partial charge on any atom is -0.310 e. The first kappa shape index (κ1) is 28.3. The third-order valence-corrected chi connectivity index (χ3v) is 12.0. The summed E-state index contributed by atoms with van der Waals surface area (Å²) in [4.78, 5) is 2.40. The first-order valence-corrected chi connectivity index (χ1v) is 18.2. The minimum atomic E-state index is 1.12. The fourth-order valence-corrected chi connectivity index (χ4v) is 9.64. The molecule has 8 aromatic carbocycles. The lowest BCUT2D eigenvalue weighted by Crippen LogP contribution is -2.10. The molecule has 230 valence electrons. The Morgan fingerprint density at radius 3 is 1.80 bits per heavy atom. The van der Waals surface area contributed by atoms with Gasteiger partial charge in [-0.05, 0) is 93.7 Å². The molecule has 10 aromatic rings. The maximum absolute atomic E-state index is 2.40. The third-order valence-electron chi connectivity index (χ3n) is 9.63. The van der Waals surface area contributed by atoms with Crippen molar-refractivity contribution in [3.8, 4) is 22.3 Å². The highest BCUT2D eigenvalue weighted by Gasteiger charge is 2.17. The van der Waals surface area contributed by atoms with E-state index in [2.05, 4.69) is 181 Å². The molecule has 1 nitrogen and oxygen atoms in total. The highest BCUT2D eigenvalue weighted by molar-refractivity contribution is 7.26. The molecular weight excluding hydrogens is 631 g/mol. The van der Waals surface area contributed by atoms with Crippen LogP contribution in [0, 0.1) is 0 Å². The molecule has 0 bridgehead atoms. The molecule has 0 saturated carbocycles. The van der Waals surface area contributed by atoms with E-state index in [1.165, 1.54) is 73.4 Å². The number of anilines is 3. The Labute approximate surface area is 292 Å². The summed E-state index contributed by atoms with van der Waals surface area (Å²) in [7, 11) is 0. The molecule has 2 heterocycles. The maximum atomic E-state index is 2.40. The van der Waals surface area contributed by atoms with Gasteiger partial charge in [0.1, 0.15) is 0 Å². The number of benzene rings is 8. The first-order valence-electron chi connectivity index (χ1n) is 16.6. The smallest absolute Gasteiger partial charge is 0.0468 e. The normalized spacial score (nSPS) is 11.7. The SMILES string of the molecule is c1ccc(-c2ccc(N(c3cccc(-c4cccc5c4sc4ccccc45)c3)c3ccc4cc5sc6ccccc6c5cc4c3)cc2)cc1. The molecule has 49 heavy (non-hydrogen) atoms. The number of thiophene rings is 2. The van der Waals surface area contributed by atoms with Gasteiger partial charge in [0, 0.05) is 57.4 Å². The summed E-state index contributed by atoms with van der Waals surface area (Å²) in [5.74, 6) is 0. The molecule has 3 heteroatoms. The average molecular weight is 660 g/mol. The molecule has 0 aliphatic carbocycles. The van der Waals surface area contributed by atoms with E-state index in [9.17, 15) is 0 Å². The van der Waals surface area contributed by atoms with Crippen molar-refractivity contribution in [1.29, 1.82) is 0 Å². The maximum Gasteiger partial charge on any atom is 0.0468 e. The van der Waals surface area contributed by atoms with Crippen molar-refractivity contribution in [2.45, 2.75) is 0 Å². The Hall–Kier alpha value is -5.74. The van der Waals surface area contributed by atoms with Crippen LogP contribution in [0.3, 0.4) is 0 Å². The second-order valence-corrected chi connectivity index (χ2v) is 14.7. The minimum absolute atomic E-state index is 1.12. The molecule has 0 radical (unpaired) electrons. The number of rotatable bonds is 5. The van der Waals surface area contributed by atoms with E-state index in [1.54, 1.807) is 0 Å². The monoisotopic (exact) mass is 659 g/mol. The predicted octanol–water partition coefficient (Wildman–Crippen LogP) is 14.4. The van der Waals surface area contributed by atoms with Crippen molar-refractivity contribution in [3.05, 3.63) is 176 Å². The van der Waals surface area contributed by atoms with Crippen LogP contribution in [-0.2, 0) is 0 Å². The Morgan fingerprint density at radius 1 is 0.327 bits per heavy atom. The van der Waals surface area contributed by atoms with Crippen molar-refractivity contribution in [3.63, 3.8) is 0 Å². The third kappa shape index (κ3) is 4.82. The summed E-state index contributed by atoms with van der Waals surface area (Å²) in [6, 6.07) is 64.4. The van der Waals surface area contributed by atoms with Gasteiger partial charge in [-0.3, -0.25) is 0 Å². The fourth-order valence-electron chi connectivity index (χ4n) is 7.26. The zero-order valence-corrected chi connectivity index (χ0v) is 28.1. The van der Waals surface area contributed by atoms with Gasteiger partial charge in [0.2, 0.25) is 0 Å². The summed E-state index contributed by atoms with van der Waals surface area (Å²) in [6.07, 6.45) is 0. The van der Waals surface area contributed by atoms with Gasteiger partial charge in [0.25, 0.3) is 0 Å². The molecular formula is C46H29NS2. The molecule has 0 N–H and O–H groups in total. The van der Waals surface area contributed by atoms with E-state index < -0.39 is 0 Å². The number of nitrogens with zero attached hydrogens (tertiary/aromatic N) is 1. The molecule has 0 atom stereocenters. The van der Waals surface area contributed by atoms with Gasteiger partial charge in [0.15, 0.2) is 0 Å².